The van der Waals surface area contributed by atoms with Gasteiger partial charge in [0.15, 0.2) is 0 Å². The summed E-state index contributed by atoms with van der Waals surface area (Å²) >= 11 is 0. The van der Waals surface area contributed by atoms with Gasteiger partial charge in [-0.2, -0.15) is 0 Å². The second-order valence-electron chi connectivity index (χ2n) is 5.58. The molecule has 0 aromatic rings. The van der Waals surface area contributed by atoms with Gasteiger partial charge in [0.2, 0.25) is 0 Å². The van der Waals surface area contributed by atoms with Crippen molar-refractivity contribution in [3.05, 3.63) is 0 Å². The molecular formula is C12H22O3S. The monoisotopic (exact) mass is 246 g/mol. The van der Waals surface area contributed by atoms with Crippen LogP contribution >= 0.6 is 0 Å². The molecule has 0 radical (unpaired) electrons. The second-order valence-corrected chi connectivity index (χ2v) is 7.89. The van der Waals surface area contributed by atoms with E-state index in [1.165, 1.54) is 6.42 Å². The van der Waals surface area contributed by atoms with E-state index in [1.54, 1.807) is 0 Å². The molecule has 1 heterocycles. The zero-order valence-corrected chi connectivity index (χ0v) is 10.6. The minimum atomic E-state index is -2.76. The van der Waals surface area contributed by atoms with Crippen LogP contribution in [0.3, 0.4) is 0 Å². The molecule has 1 saturated heterocycles. The molecule has 1 aliphatic heterocycles. The van der Waals surface area contributed by atoms with Gasteiger partial charge in [-0.15, -0.1) is 0 Å². The molecule has 16 heavy (non-hydrogen) atoms. The van der Waals surface area contributed by atoms with Crippen LogP contribution in [-0.4, -0.2) is 30.6 Å². The fourth-order valence-electron chi connectivity index (χ4n) is 3.09. The van der Waals surface area contributed by atoms with Gasteiger partial charge >= 0.3 is 0 Å². The summed E-state index contributed by atoms with van der Waals surface area (Å²) < 4.78 is 22.6. The van der Waals surface area contributed by atoms with Crippen LogP contribution < -0.4 is 0 Å². The lowest BCUT2D eigenvalue weighted by atomic mass is 9.77. The Balaban J connectivity index is 1.86. The summed E-state index contributed by atoms with van der Waals surface area (Å²) in [5.74, 6) is 1.08. The van der Waals surface area contributed by atoms with Crippen molar-refractivity contribution in [2.45, 2.75) is 57.0 Å². The Morgan fingerprint density at radius 1 is 1.06 bits per heavy atom. The first-order chi connectivity index (χ1) is 7.49. The third kappa shape index (κ3) is 3.20. The molecule has 0 amide bonds. The maximum atomic E-state index is 11.3. The topological polar surface area (TPSA) is 54.4 Å². The van der Waals surface area contributed by atoms with Crippen molar-refractivity contribution in [3.8, 4) is 0 Å². The first-order valence-electron chi connectivity index (χ1n) is 6.42. The molecule has 1 N–H and O–H groups in total. The van der Waals surface area contributed by atoms with Crippen LogP contribution in [0.4, 0.5) is 0 Å². The predicted octanol–water partition coefficient (Wildman–Crippen LogP) is 1.90. The second kappa shape index (κ2) is 4.65. The molecule has 0 aromatic heterocycles. The molecule has 1 aliphatic carbocycles. The van der Waals surface area contributed by atoms with Gasteiger partial charge in [0.1, 0.15) is 9.84 Å². The molecule has 1 saturated carbocycles. The van der Waals surface area contributed by atoms with Crippen LogP contribution in [0.25, 0.3) is 0 Å². The maximum absolute atomic E-state index is 11.3. The lowest BCUT2D eigenvalue weighted by molar-refractivity contribution is -0.0187. The fourth-order valence-corrected chi connectivity index (χ4v) is 4.68. The zero-order valence-electron chi connectivity index (χ0n) is 9.82. The normalized spacial score (nSPS) is 30.1. The van der Waals surface area contributed by atoms with Crippen molar-refractivity contribution < 1.29 is 13.5 Å². The largest absolute Gasteiger partial charge is 0.390 e. The number of hydrogen-bond donors (Lipinski definition) is 1. The average molecular weight is 246 g/mol. The molecule has 0 spiro atoms. The van der Waals surface area contributed by atoms with E-state index < -0.39 is 15.4 Å². The summed E-state index contributed by atoms with van der Waals surface area (Å²) in [6.45, 7) is 0. The summed E-state index contributed by atoms with van der Waals surface area (Å²) in [6.07, 6.45) is 7.65. The van der Waals surface area contributed by atoms with Crippen LogP contribution in [0, 0.1) is 5.92 Å². The number of sulfone groups is 1. The van der Waals surface area contributed by atoms with Crippen molar-refractivity contribution in [2.75, 3.05) is 11.5 Å². The van der Waals surface area contributed by atoms with Crippen molar-refractivity contribution in [1.29, 1.82) is 0 Å². The molecule has 2 fully saturated rings. The van der Waals surface area contributed by atoms with Gasteiger partial charge in [0.25, 0.3) is 0 Å². The smallest absolute Gasteiger partial charge is 0.150 e. The Morgan fingerprint density at radius 2 is 1.62 bits per heavy atom. The van der Waals surface area contributed by atoms with E-state index in [0.29, 0.717) is 17.4 Å². The number of aliphatic hydroxyl groups is 1. The summed E-state index contributed by atoms with van der Waals surface area (Å²) in [4.78, 5) is 0. The van der Waals surface area contributed by atoms with Crippen LogP contribution in [0.15, 0.2) is 0 Å². The van der Waals surface area contributed by atoms with Crippen LogP contribution in [0.1, 0.15) is 51.4 Å². The molecule has 0 bridgehead atoms. The van der Waals surface area contributed by atoms with E-state index in [4.69, 9.17) is 0 Å². The van der Waals surface area contributed by atoms with Crippen molar-refractivity contribution in [3.63, 3.8) is 0 Å². The van der Waals surface area contributed by atoms with Crippen molar-refractivity contribution >= 4 is 9.84 Å². The average Bonchev–Trinajstić information content (AvgIpc) is 2.22. The highest BCUT2D eigenvalue weighted by atomic mass is 32.2. The van der Waals surface area contributed by atoms with E-state index >= 15 is 0 Å². The molecule has 2 rings (SSSR count). The van der Waals surface area contributed by atoms with Gasteiger partial charge in [-0.05, 0) is 38.0 Å². The number of hydrogen-bond acceptors (Lipinski definition) is 3. The number of rotatable bonds is 2. The summed E-state index contributed by atoms with van der Waals surface area (Å²) in [5, 5.41) is 10.4. The van der Waals surface area contributed by atoms with Gasteiger partial charge < -0.3 is 5.11 Å². The standard InChI is InChI=1S/C12H22O3S/c13-12(6-2-1-3-7-12)10-11-4-8-16(14,15)9-5-11/h11,13H,1-10H2. The highest BCUT2D eigenvalue weighted by molar-refractivity contribution is 7.91. The van der Waals surface area contributed by atoms with E-state index in [1.807, 2.05) is 0 Å². The van der Waals surface area contributed by atoms with Crippen LogP contribution in [0.2, 0.25) is 0 Å². The molecule has 0 unspecified atom stereocenters. The van der Waals surface area contributed by atoms with E-state index in [-0.39, 0.29) is 0 Å². The highest BCUT2D eigenvalue weighted by Gasteiger charge is 2.34. The zero-order chi connectivity index (χ0) is 11.6. The maximum Gasteiger partial charge on any atom is 0.150 e. The predicted molar refractivity (Wildman–Crippen MR) is 64.0 cm³/mol. The highest BCUT2D eigenvalue weighted by Crippen LogP contribution is 2.36. The molecule has 0 aromatic carbocycles. The Kier molecular flexibility index (Phi) is 3.59. The third-order valence-electron chi connectivity index (χ3n) is 4.13. The quantitative estimate of drug-likeness (QED) is 0.809. The van der Waals surface area contributed by atoms with Gasteiger partial charge in [-0.1, -0.05) is 19.3 Å². The lowest BCUT2D eigenvalue weighted by Crippen LogP contribution is -2.36. The van der Waals surface area contributed by atoms with E-state index in [0.717, 1.165) is 44.9 Å². The summed E-state index contributed by atoms with van der Waals surface area (Å²) in [7, 11) is -2.76. The Morgan fingerprint density at radius 3 is 2.19 bits per heavy atom. The molecule has 3 nitrogen and oxygen atoms in total. The van der Waals surface area contributed by atoms with Gasteiger partial charge in [-0.3, -0.25) is 0 Å². The first-order valence-corrected chi connectivity index (χ1v) is 8.24. The van der Waals surface area contributed by atoms with Gasteiger partial charge in [-0.25, -0.2) is 8.42 Å². The first kappa shape index (κ1) is 12.4. The molecular weight excluding hydrogens is 224 g/mol. The fraction of sp³-hybridized carbons (Fsp3) is 1.00. The molecule has 2 aliphatic rings. The summed E-state index contributed by atoms with van der Waals surface area (Å²) in [6, 6.07) is 0. The minimum absolute atomic E-state index is 0.327. The Hall–Kier alpha value is -0.0900. The van der Waals surface area contributed by atoms with E-state index in [9.17, 15) is 13.5 Å². The lowest BCUT2D eigenvalue weighted by Gasteiger charge is -2.36. The minimum Gasteiger partial charge on any atom is -0.390 e. The third-order valence-corrected chi connectivity index (χ3v) is 5.84. The Labute approximate surface area is 98.2 Å². The van der Waals surface area contributed by atoms with Gasteiger partial charge in [0.05, 0.1) is 17.1 Å². The van der Waals surface area contributed by atoms with Crippen molar-refractivity contribution in [1.82, 2.24) is 0 Å². The van der Waals surface area contributed by atoms with Crippen LogP contribution in [0.5, 0.6) is 0 Å². The van der Waals surface area contributed by atoms with E-state index in [2.05, 4.69) is 0 Å². The van der Waals surface area contributed by atoms with Gasteiger partial charge in [0, 0.05) is 0 Å². The molecule has 94 valence electrons. The SMILES string of the molecule is O=S1(=O)CCC(CC2(O)CCCCC2)CC1. The molecule has 4 heteroatoms. The molecule has 0 atom stereocenters. The summed E-state index contributed by atoms with van der Waals surface area (Å²) in [5.41, 5.74) is -0.482. The van der Waals surface area contributed by atoms with Crippen LogP contribution in [-0.2, 0) is 9.84 Å². The Bertz CT molecular complexity index is 314. The van der Waals surface area contributed by atoms with Crippen molar-refractivity contribution in [2.24, 2.45) is 5.92 Å².